The second kappa shape index (κ2) is 6.70. The van der Waals surface area contributed by atoms with Crippen LogP contribution in [0.4, 0.5) is 5.82 Å². The molecule has 0 radical (unpaired) electrons. The van der Waals surface area contributed by atoms with Gasteiger partial charge in [0.05, 0.1) is 12.1 Å². The molecule has 0 aliphatic carbocycles. The van der Waals surface area contributed by atoms with Crippen molar-refractivity contribution in [3.8, 4) is 0 Å². The molecule has 5 heteroatoms. The minimum absolute atomic E-state index is 0.0906. The van der Waals surface area contributed by atoms with E-state index in [0.29, 0.717) is 6.42 Å². The summed E-state index contributed by atoms with van der Waals surface area (Å²) in [4.78, 5) is 27.2. The van der Waals surface area contributed by atoms with E-state index in [1.165, 1.54) is 0 Å². The lowest BCUT2D eigenvalue weighted by molar-refractivity contribution is -0.361. The van der Waals surface area contributed by atoms with Crippen molar-refractivity contribution in [3.63, 3.8) is 0 Å². The third-order valence-corrected chi connectivity index (χ3v) is 3.94. The van der Waals surface area contributed by atoms with Crippen LogP contribution in [0.3, 0.4) is 0 Å². The number of hydrogen-bond donors (Lipinski definition) is 1. The number of H-pyrrole nitrogens is 1. The molecule has 1 aromatic rings. The summed E-state index contributed by atoms with van der Waals surface area (Å²) < 4.78 is 5.37. The summed E-state index contributed by atoms with van der Waals surface area (Å²) in [5, 5.41) is 3.02. The highest BCUT2D eigenvalue weighted by Gasteiger charge is 2.48. The van der Waals surface area contributed by atoms with Gasteiger partial charge in [0, 0.05) is 12.5 Å². The average Bonchev–Trinajstić information content (AvgIpc) is 2.79. The quantitative estimate of drug-likeness (QED) is 0.780. The van der Waals surface area contributed by atoms with Gasteiger partial charge >= 0.3 is 5.97 Å². The Morgan fingerprint density at radius 1 is 1.52 bits per heavy atom. The molecule has 1 fully saturated rings. The summed E-state index contributed by atoms with van der Waals surface area (Å²) >= 11 is 0. The van der Waals surface area contributed by atoms with E-state index < -0.39 is 5.60 Å². The number of Topliss-reactive ketones (excluding diaryl/α,β-unsaturated/α-hetero) is 1. The van der Waals surface area contributed by atoms with Crippen molar-refractivity contribution >= 4 is 17.6 Å². The molecule has 0 spiro atoms. The van der Waals surface area contributed by atoms with E-state index in [9.17, 15) is 9.59 Å². The molecule has 0 bridgehead atoms. The molecule has 2 rings (SSSR count). The van der Waals surface area contributed by atoms with E-state index in [2.05, 4.69) is 17.2 Å². The number of anilines is 1. The number of ether oxygens (including phenoxy) is 1. The molecule has 2 N–H and O–H groups in total. The summed E-state index contributed by atoms with van der Waals surface area (Å²) in [5.74, 6) is 0.307. The van der Waals surface area contributed by atoms with Crippen molar-refractivity contribution in [2.45, 2.75) is 45.1 Å². The number of carbonyl (C=O) groups is 2. The molecule has 0 amide bonds. The molecule has 0 aromatic carbocycles. The van der Waals surface area contributed by atoms with Crippen LogP contribution in [-0.4, -0.2) is 23.9 Å². The number of aromatic nitrogens is 1. The number of pyridine rings is 1. The number of esters is 1. The first kappa shape index (κ1) is 15.5. The molecular weight excluding hydrogens is 268 g/mol. The number of aromatic amines is 1. The summed E-state index contributed by atoms with van der Waals surface area (Å²) in [6, 6.07) is 5.59. The van der Waals surface area contributed by atoms with Crippen molar-refractivity contribution in [1.29, 1.82) is 0 Å². The second-order valence-corrected chi connectivity index (χ2v) is 5.75. The van der Waals surface area contributed by atoms with Crippen LogP contribution in [0.5, 0.6) is 0 Å². The van der Waals surface area contributed by atoms with Crippen LogP contribution in [0.15, 0.2) is 24.4 Å². The molecule has 1 aliphatic rings. The molecule has 1 aromatic heterocycles. The van der Waals surface area contributed by atoms with Crippen LogP contribution in [0, 0.1) is 5.92 Å². The molecule has 5 nitrogen and oxygen atoms in total. The molecule has 2 atom stereocenters. The van der Waals surface area contributed by atoms with Crippen LogP contribution in [0.1, 0.15) is 39.5 Å². The zero-order valence-corrected chi connectivity index (χ0v) is 12.6. The van der Waals surface area contributed by atoms with Gasteiger partial charge in [-0.2, -0.15) is 0 Å². The van der Waals surface area contributed by atoms with Gasteiger partial charge in [0.15, 0.2) is 5.60 Å². The first-order valence-corrected chi connectivity index (χ1v) is 7.52. The molecule has 2 heterocycles. The lowest BCUT2D eigenvalue weighted by Gasteiger charge is -2.19. The summed E-state index contributed by atoms with van der Waals surface area (Å²) in [5.41, 5.74) is -0.989. The Morgan fingerprint density at radius 2 is 2.33 bits per heavy atom. The first-order chi connectivity index (χ1) is 10.0. The van der Waals surface area contributed by atoms with Crippen molar-refractivity contribution in [3.05, 3.63) is 24.4 Å². The van der Waals surface area contributed by atoms with Crippen LogP contribution in [0.25, 0.3) is 0 Å². The van der Waals surface area contributed by atoms with E-state index in [-0.39, 0.29) is 24.2 Å². The fourth-order valence-electron chi connectivity index (χ4n) is 2.61. The highest BCUT2D eigenvalue weighted by atomic mass is 16.6. The lowest BCUT2D eigenvalue weighted by atomic mass is 9.89. The normalized spacial score (nSPS) is 24.7. The van der Waals surface area contributed by atoms with E-state index in [1.54, 1.807) is 13.1 Å². The van der Waals surface area contributed by atoms with Gasteiger partial charge in [0.1, 0.15) is 6.54 Å². The maximum Gasteiger partial charge on any atom is 0.310 e. The van der Waals surface area contributed by atoms with E-state index in [1.807, 2.05) is 18.2 Å². The van der Waals surface area contributed by atoms with Crippen molar-refractivity contribution < 1.29 is 19.3 Å². The highest BCUT2D eigenvalue weighted by Crippen LogP contribution is 2.34. The van der Waals surface area contributed by atoms with E-state index in [0.717, 1.165) is 25.1 Å². The van der Waals surface area contributed by atoms with Crippen LogP contribution < -0.4 is 10.3 Å². The minimum Gasteiger partial charge on any atom is -0.451 e. The summed E-state index contributed by atoms with van der Waals surface area (Å²) in [6.45, 7) is 3.95. The number of hydrogen-bond acceptors (Lipinski definition) is 4. The smallest absolute Gasteiger partial charge is 0.310 e. The minimum atomic E-state index is -0.989. The molecule has 0 saturated carbocycles. The number of rotatable bonds is 7. The van der Waals surface area contributed by atoms with Gasteiger partial charge in [-0.25, -0.2) is 4.98 Å². The summed E-state index contributed by atoms with van der Waals surface area (Å²) in [6.07, 6.45) is 5.11. The lowest BCUT2D eigenvalue weighted by Crippen LogP contribution is -2.39. The Bertz CT molecular complexity index is 504. The average molecular weight is 291 g/mol. The SMILES string of the molecule is CCCC[C@@H]1C[C@@](C)(C(=O)CNc2cccc[nH+]2)OC1=O. The number of carbonyl (C=O) groups excluding carboxylic acids is 2. The van der Waals surface area contributed by atoms with Crippen molar-refractivity contribution in [2.24, 2.45) is 5.92 Å². The highest BCUT2D eigenvalue weighted by molar-refractivity contribution is 5.94. The molecule has 0 unspecified atom stereocenters. The van der Waals surface area contributed by atoms with Crippen LogP contribution in [0.2, 0.25) is 0 Å². The molecular formula is C16H23N2O3+. The maximum atomic E-state index is 12.4. The number of unbranched alkanes of at least 4 members (excludes halogenated alkanes) is 1. The van der Waals surface area contributed by atoms with Gasteiger partial charge < -0.3 is 4.74 Å². The van der Waals surface area contributed by atoms with Gasteiger partial charge in [-0.3, -0.25) is 14.9 Å². The predicted octanol–water partition coefficient (Wildman–Crippen LogP) is 1.99. The zero-order valence-electron chi connectivity index (χ0n) is 12.6. The van der Waals surface area contributed by atoms with E-state index in [4.69, 9.17) is 4.74 Å². The van der Waals surface area contributed by atoms with Crippen LogP contribution in [-0.2, 0) is 14.3 Å². The standard InChI is InChI=1S/C16H22N2O3/c1-3-4-7-12-10-16(2,21-15(12)20)13(19)11-18-14-8-5-6-9-17-14/h5-6,8-9,12H,3-4,7,10-11H2,1-2H3,(H,17,18)/p+1/t12-,16+/m1/s1. The Morgan fingerprint density at radius 3 is 3.00 bits per heavy atom. The van der Waals surface area contributed by atoms with Gasteiger partial charge in [-0.1, -0.05) is 25.8 Å². The third kappa shape index (κ3) is 3.80. The maximum absolute atomic E-state index is 12.4. The van der Waals surface area contributed by atoms with Gasteiger partial charge in [-0.05, 0) is 19.4 Å². The molecule has 1 aliphatic heterocycles. The predicted molar refractivity (Wildman–Crippen MR) is 78.6 cm³/mol. The molecule has 1 saturated heterocycles. The number of nitrogens with one attached hydrogen (secondary N) is 2. The largest absolute Gasteiger partial charge is 0.451 e. The fraction of sp³-hybridized carbons (Fsp3) is 0.562. The number of ketones is 1. The Balaban J connectivity index is 1.91. The second-order valence-electron chi connectivity index (χ2n) is 5.75. The van der Waals surface area contributed by atoms with Crippen molar-refractivity contribution in [2.75, 3.05) is 11.9 Å². The summed E-state index contributed by atoms with van der Waals surface area (Å²) in [7, 11) is 0. The molecule has 114 valence electrons. The van der Waals surface area contributed by atoms with Gasteiger partial charge in [0.25, 0.3) is 5.82 Å². The Labute approximate surface area is 125 Å². The zero-order chi connectivity index (χ0) is 15.3. The van der Waals surface area contributed by atoms with Gasteiger partial charge in [-0.15, -0.1) is 0 Å². The van der Waals surface area contributed by atoms with Gasteiger partial charge in [0.2, 0.25) is 5.78 Å². The molecule has 21 heavy (non-hydrogen) atoms. The fourth-order valence-corrected chi connectivity index (χ4v) is 2.61. The number of cyclic esters (lactones) is 1. The third-order valence-electron chi connectivity index (χ3n) is 3.94. The van der Waals surface area contributed by atoms with E-state index >= 15 is 0 Å². The van der Waals surface area contributed by atoms with Crippen molar-refractivity contribution in [1.82, 2.24) is 0 Å². The monoisotopic (exact) mass is 291 g/mol. The Kier molecular flexibility index (Phi) is 4.94. The first-order valence-electron chi connectivity index (χ1n) is 7.52. The topological polar surface area (TPSA) is 69.5 Å². The Hall–Kier alpha value is -1.91. The van der Waals surface area contributed by atoms with Crippen LogP contribution >= 0.6 is 0 Å².